The largest absolute Gasteiger partial charge is 0.393 e. The molecule has 0 aliphatic heterocycles. The second kappa shape index (κ2) is 4.94. The fraction of sp³-hybridized carbons (Fsp3) is 1.00. The molecule has 0 aromatic heterocycles. The van der Waals surface area contributed by atoms with Crippen LogP contribution in [0.1, 0.15) is 39.0 Å². The number of aliphatic hydroxyl groups excluding tert-OH is 3. The molecule has 1 rings (SSSR count). The lowest BCUT2D eigenvalue weighted by Crippen LogP contribution is -2.35. The zero-order chi connectivity index (χ0) is 9.84. The van der Waals surface area contributed by atoms with Crippen LogP contribution < -0.4 is 0 Å². The zero-order valence-electron chi connectivity index (χ0n) is 8.19. The molecule has 2 unspecified atom stereocenters. The van der Waals surface area contributed by atoms with Crippen LogP contribution in [0.2, 0.25) is 0 Å². The lowest BCUT2D eigenvalue weighted by atomic mass is 9.84. The quantitative estimate of drug-likeness (QED) is 0.567. The molecular weight excluding hydrogens is 168 g/mol. The molecular formula is C10H20O3. The lowest BCUT2D eigenvalue weighted by Gasteiger charge is -2.30. The lowest BCUT2D eigenvalue weighted by molar-refractivity contribution is -0.0250. The van der Waals surface area contributed by atoms with Crippen molar-refractivity contribution in [2.45, 2.75) is 57.3 Å². The van der Waals surface area contributed by atoms with Crippen molar-refractivity contribution in [3.8, 4) is 0 Å². The van der Waals surface area contributed by atoms with Gasteiger partial charge < -0.3 is 15.3 Å². The molecule has 0 heterocycles. The molecule has 1 aliphatic rings. The van der Waals surface area contributed by atoms with E-state index in [4.69, 9.17) is 0 Å². The first-order chi connectivity index (χ1) is 6.15. The standard InChI is InChI=1S/C10H20O3/c1-2-8-9(12)5-3-7(11)4-6-10(8)13/h7-13H,2-6H2,1H3. The monoisotopic (exact) mass is 188 g/mol. The Morgan fingerprint density at radius 3 is 1.77 bits per heavy atom. The van der Waals surface area contributed by atoms with Crippen LogP contribution in [0.15, 0.2) is 0 Å². The summed E-state index contributed by atoms with van der Waals surface area (Å²) in [5, 5.41) is 28.8. The van der Waals surface area contributed by atoms with E-state index in [-0.39, 0.29) is 12.0 Å². The van der Waals surface area contributed by atoms with E-state index in [1.807, 2.05) is 6.92 Å². The van der Waals surface area contributed by atoms with E-state index in [1.165, 1.54) is 0 Å². The van der Waals surface area contributed by atoms with Gasteiger partial charge in [0, 0.05) is 5.92 Å². The fourth-order valence-electron chi connectivity index (χ4n) is 2.10. The van der Waals surface area contributed by atoms with Crippen molar-refractivity contribution in [3.63, 3.8) is 0 Å². The molecule has 0 aromatic carbocycles. The van der Waals surface area contributed by atoms with Gasteiger partial charge in [0.2, 0.25) is 0 Å². The predicted molar refractivity (Wildman–Crippen MR) is 50.3 cm³/mol. The van der Waals surface area contributed by atoms with Crippen LogP contribution in [0.4, 0.5) is 0 Å². The summed E-state index contributed by atoms with van der Waals surface area (Å²) in [5.74, 6) is -0.00694. The molecule has 0 radical (unpaired) electrons. The average Bonchev–Trinajstić information content (AvgIpc) is 2.11. The van der Waals surface area contributed by atoms with Crippen molar-refractivity contribution in [1.82, 2.24) is 0 Å². The first-order valence-corrected chi connectivity index (χ1v) is 5.19. The molecule has 0 saturated heterocycles. The van der Waals surface area contributed by atoms with E-state index in [0.717, 1.165) is 6.42 Å². The molecule has 0 aromatic rings. The molecule has 0 amide bonds. The highest BCUT2D eigenvalue weighted by Crippen LogP contribution is 2.25. The molecule has 1 saturated carbocycles. The number of hydrogen-bond donors (Lipinski definition) is 3. The van der Waals surface area contributed by atoms with Crippen molar-refractivity contribution in [2.24, 2.45) is 5.92 Å². The summed E-state index contributed by atoms with van der Waals surface area (Å²) in [7, 11) is 0. The summed E-state index contributed by atoms with van der Waals surface area (Å²) in [6, 6.07) is 0. The van der Waals surface area contributed by atoms with Crippen LogP contribution in [0, 0.1) is 5.92 Å². The van der Waals surface area contributed by atoms with Gasteiger partial charge >= 0.3 is 0 Å². The van der Waals surface area contributed by atoms with Crippen molar-refractivity contribution >= 4 is 0 Å². The summed E-state index contributed by atoms with van der Waals surface area (Å²) >= 11 is 0. The second-order valence-electron chi connectivity index (χ2n) is 4.02. The minimum absolute atomic E-state index is 0.00694. The molecule has 2 atom stereocenters. The molecule has 78 valence electrons. The maximum Gasteiger partial charge on any atom is 0.0593 e. The van der Waals surface area contributed by atoms with E-state index in [2.05, 4.69) is 0 Å². The Morgan fingerprint density at radius 2 is 1.38 bits per heavy atom. The van der Waals surface area contributed by atoms with Crippen LogP contribution in [-0.4, -0.2) is 33.6 Å². The van der Waals surface area contributed by atoms with Crippen LogP contribution in [0.3, 0.4) is 0 Å². The van der Waals surface area contributed by atoms with Gasteiger partial charge in [-0.05, 0) is 32.1 Å². The number of rotatable bonds is 1. The third-order valence-electron chi connectivity index (χ3n) is 3.05. The van der Waals surface area contributed by atoms with Gasteiger partial charge in [-0.15, -0.1) is 0 Å². The topological polar surface area (TPSA) is 60.7 Å². The van der Waals surface area contributed by atoms with Crippen molar-refractivity contribution < 1.29 is 15.3 Å². The summed E-state index contributed by atoms with van der Waals surface area (Å²) in [5.41, 5.74) is 0. The van der Waals surface area contributed by atoms with Crippen LogP contribution in [0.25, 0.3) is 0 Å². The fourth-order valence-corrected chi connectivity index (χ4v) is 2.10. The highest BCUT2D eigenvalue weighted by Gasteiger charge is 2.28. The minimum atomic E-state index is -0.449. The Labute approximate surface area is 79.4 Å². The van der Waals surface area contributed by atoms with Crippen LogP contribution in [0.5, 0.6) is 0 Å². The Hall–Kier alpha value is -0.120. The van der Waals surface area contributed by atoms with Crippen molar-refractivity contribution in [1.29, 1.82) is 0 Å². The van der Waals surface area contributed by atoms with Crippen LogP contribution >= 0.6 is 0 Å². The van der Waals surface area contributed by atoms with Crippen molar-refractivity contribution in [3.05, 3.63) is 0 Å². The van der Waals surface area contributed by atoms with Crippen LogP contribution in [-0.2, 0) is 0 Å². The molecule has 3 N–H and O–H groups in total. The molecule has 1 fully saturated rings. The molecule has 0 bridgehead atoms. The predicted octanol–water partition coefficient (Wildman–Crippen LogP) is 0.669. The zero-order valence-corrected chi connectivity index (χ0v) is 8.19. The Morgan fingerprint density at radius 1 is 0.923 bits per heavy atom. The van der Waals surface area contributed by atoms with Gasteiger partial charge in [0.15, 0.2) is 0 Å². The first-order valence-electron chi connectivity index (χ1n) is 5.19. The summed E-state index contributed by atoms with van der Waals surface area (Å²) in [6.07, 6.45) is 2.09. The maximum absolute atomic E-state index is 9.69. The minimum Gasteiger partial charge on any atom is -0.393 e. The molecule has 13 heavy (non-hydrogen) atoms. The Bertz CT molecular complexity index is 135. The van der Waals surface area contributed by atoms with Gasteiger partial charge in [-0.2, -0.15) is 0 Å². The molecule has 3 heteroatoms. The highest BCUT2D eigenvalue weighted by molar-refractivity contribution is 4.79. The number of aliphatic hydroxyl groups is 3. The molecule has 1 aliphatic carbocycles. The highest BCUT2D eigenvalue weighted by atomic mass is 16.3. The third kappa shape index (κ3) is 2.93. The van der Waals surface area contributed by atoms with E-state index < -0.39 is 12.2 Å². The first kappa shape index (κ1) is 11.0. The second-order valence-corrected chi connectivity index (χ2v) is 4.02. The normalized spacial score (nSPS) is 42.5. The van der Waals surface area contributed by atoms with E-state index >= 15 is 0 Å². The van der Waals surface area contributed by atoms with E-state index in [9.17, 15) is 15.3 Å². The molecule has 3 nitrogen and oxygen atoms in total. The Balaban J connectivity index is 2.53. The maximum atomic E-state index is 9.69. The average molecular weight is 188 g/mol. The molecule has 0 spiro atoms. The number of hydrogen-bond acceptors (Lipinski definition) is 3. The van der Waals surface area contributed by atoms with E-state index in [1.54, 1.807) is 0 Å². The third-order valence-corrected chi connectivity index (χ3v) is 3.05. The van der Waals surface area contributed by atoms with Gasteiger partial charge in [0.1, 0.15) is 0 Å². The van der Waals surface area contributed by atoms with Gasteiger partial charge in [-0.1, -0.05) is 6.92 Å². The van der Waals surface area contributed by atoms with E-state index in [0.29, 0.717) is 25.7 Å². The Kier molecular flexibility index (Phi) is 4.16. The summed E-state index contributed by atoms with van der Waals surface area (Å²) in [6.45, 7) is 1.98. The van der Waals surface area contributed by atoms with Crippen molar-refractivity contribution in [2.75, 3.05) is 0 Å². The summed E-state index contributed by atoms with van der Waals surface area (Å²) in [4.78, 5) is 0. The van der Waals surface area contributed by atoms with Gasteiger partial charge in [0.05, 0.1) is 18.3 Å². The summed E-state index contributed by atoms with van der Waals surface area (Å²) < 4.78 is 0. The van der Waals surface area contributed by atoms with Gasteiger partial charge in [-0.25, -0.2) is 0 Å². The SMILES string of the molecule is CCC1C(O)CCC(O)CCC1O. The van der Waals surface area contributed by atoms with Gasteiger partial charge in [-0.3, -0.25) is 0 Å². The van der Waals surface area contributed by atoms with Gasteiger partial charge in [0.25, 0.3) is 0 Å². The smallest absolute Gasteiger partial charge is 0.0593 e.